The number of nitriles is 1. The highest BCUT2D eigenvalue weighted by atomic mass is 35.5. The van der Waals surface area contributed by atoms with Crippen molar-refractivity contribution in [2.75, 3.05) is 18.4 Å². The number of benzene rings is 1. The first-order valence-electron chi connectivity index (χ1n) is 12.0. The van der Waals surface area contributed by atoms with Crippen molar-refractivity contribution in [1.29, 1.82) is 5.26 Å². The van der Waals surface area contributed by atoms with Crippen LogP contribution in [-0.4, -0.2) is 60.5 Å². The Hall–Kier alpha value is -1.93. The summed E-state index contributed by atoms with van der Waals surface area (Å²) in [4.78, 5) is 27.7. The molecule has 0 bridgehead atoms. The van der Waals surface area contributed by atoms with E-state index in [1.165, 1.54) is 4.31 Å². The van der Waals surface area contributed by atoms with Gasteiger partial charge < -0.3 is 19.4 Å². The molecule has 8 nitrogen and oxygen atoms in total. The summed E-state index contributed by atoms with van der Waals surface area (Å²) in [5, 5.41) is 12.2. The van der Waals surface area contributed by atoms with Gasteiger partial charge in [-0.15, -0.1) is 0 Å². The van der Waals surface area contributed by atoms with Gasteiger partial charge in [0, 0.05) is 12.2 Å². The maximum absolute atomic E-state index is 13.0. The van der Waals surface area contributed by atoms with Gasteiger partial charge in [0.15, 0.2) is 8.32 Å². The first-order chi connectivity index (χ1) is 16.4. The SMILES string of the molecule is Cc1c(NC(=O)N(S)CC2C(O[Si](C)(C)C(C)(C)C)CCN2C(=O)OC(C)(C)C)ccc(C#N)c1Cl. The molecule has 2 atom stereocenters. The summed E-state index contributed by atoms with van der Waals surface area (Å²) < 4.78 is 13.6. The molecule has 1 aliphatic rings. The van der Waals surface area contributed by atoms with Gasteiger partial charge in [0.05, 0.1) is 29.3 Å². The molecule has 11 heteroatoms. The smallest absolute Gasteiger partial charge is 0.410 e. The number of urea groups is 1. The van der Waals surface area contributed by atoms with Gasteiger partial charge in [-0.05, 0) is 69.9 Å². The summed E-state index contributed by atoms with van der Waals surface area (Å²) in [6.07, 6.45) is -0.0538. The molecule has 1 aliphatic heterocycles. The number of hydrogen-bond donors (Lipinski definition) is 2. The van der Waals surface area contributed by atoms with Crippen molar-refractivity contribution in [3.63, 3.8) is 0 Å². The monoisotopic (exact) mass is 554 g/mol. The lowest BCUT2D eigenvalue weighted by atomic mass is 10.1. The fourth-order valence-corrected chi connectivity index (χ4v) is 5.44. The second-order valence-electron chi connectivity index (χ2n) is 11.7. The lowest BCUT2D eigenvalue weighted by Crippen LogP contribution is -2.52. The van der Waals surface area contributed by atoms with Gasteiger partial charge in [0.25, 0.3) is 0 Å². The molecular formula is C25H39ClN4O4SSi. The average Bonchev–Trinajstić information content (AvgIpc) is 3.11. The van der Waals surface area contributed by atoms with Gasteiger partial charge in [-0.3, -0.25) is 4.31 Å². The molecule has 2 unspecified atom stereocenters. The number of thiol groups is 1. The molecule has 1 aromatic rings. The van der Waals surface area contributed by atoms with E-state index in [0.717, 1.165) is 0 Å². The van der Waals surface area contributed by atoms with E-state index in [1.807, 2.05) is 26.8 Å². The standard InChI is InChI=1S/C25H39ClN4O4SSi/c1-16-18(11-10-17(14-27)21(16)26)28-22(31)30(35)15-19-20(34-36(8,9)25(5,6)7)12-13-29(19)23(32)33-24(2,3)4/h10-11,19-20,35H,12-13,15H2,1-9H3,(H,28,31). The molecular weight excluding hydrogens is 516 g/mol. The van der Waals surface area contributed by atoms with Crippen LogP contribution >= 0.6 is 24.4 Å². The number of halogens is 1. The number of ether oxygens (including phenoxy) is 1. The van der Waals surface area contributed by atoms with Crippen molar-refractivity contribution >= 4 is 50.5 Å². The minimum Gasteiger partial charge on any atom is -0.444 e. The molecule has 0 spiro atoms. The van der Waals surface area contributed by atoms with Gasteiger partial charge in [-0.2, -0.15) is 5.26 Å². The lowest BCUT2D eigenvalue weighted by Gasteiger charge is -2.41. The highest BCUT2D eigenvalue weighted by Crippen LogP contribution is 2.39. The summed E-state index contributed by atoms with van der Waals surface area (Å²) in [5.74, 6) is 0. The topological polar surface area (TPSA) is 94.9 Å². The summed E-state index contributed by atoms with van der Waals surface area (Å²) in [6.45, 7) is 18.6. The van der Waals surface area contributed by atoms with Crippen molar-refractivity contribution in [3.8, 4) is 6.07 Å². The number of rotatable bonds is 5. The number of carbonyl (C=O) groups excluding carboxylic acids is 2. The molecule has 1 aromatic carbocycles. The van der Waals surface area contributed by atoms with E-state index >= 15 is 0 Å². The summed E-state index contributed by atoms with van der Waals surface area (Å²) in [6, 6.07) is 4.30. The first kappa shape index (κ1) is 30.3. The van der Waals surface area contributed by atoms with E-state index in [0.29, 0.717) is 29.8 Å². The average molecular weight is 555 g/mol. The lowest BCUT2D eigenvalue weighted by molar-refractivity contribution is 0.0153. The van der Waals surface area contributed by atoms with Crippen LogP contribution in [0.4, 0.5) is 15.3 Å². The molecule has 1 heterocycles. The van der Waals surface area contributed by atoms with Crippen LogP contribution in [0.25, 0.3) is 0 Å². The van der Waals surface area contributed by atoms with Crippen molar-refractivity contribution in [1.82, 2.24) is 9.21 Å². The molecule has 1 saturated heterocycles. The number of carbonyl (C=O) groups is 2. The minimum absolute atomic E-state index is 0.0126. The van der Waals surface area contributed by atoms with Gasteiger partial charge in [0.2, 0.25) is 0 Å². The maximum atomic E-state index is 13.0. The Balaban J connectivity index is 2.26. The number of hydrogen-bond acceptors (Lipinski definition) is 6. The van der Waals surface area contributed by atoms with Crippen LogP contribution < -0.4 is 5.32 Å². The van der Waals surface area contributed by atoms with Crippen LogP contribution in [0.2, 0.25) is 23.2 Å². The molecule has 0 saturated carbocycles. The fourth-order valence-electron chi connectivity index (χ4n) is 3.63. The number of nitrogens with one attached hydrogen (secondary N) is 1. The highest BCUT2D eigenvalue weighted by molar-refractivity contribution is 7.78. The fraction of sp³-hybridized carbons (Fsp3) is 0.640. The normalized spacial score (nSPS) is 18.6. The third-order valence-corrected chi connectivity index (χ3v) is 12.0. The van der Waals surface area contributed by atoms with Crippen LogP contribution in [0, 0.1) is 18.3 Å². The zero-order valence-corrected chi connectivity index (χ0v) is 25.4. The Morgan fingerprint density at radius 2 is 1.89 bits per heavy atom. The zero-order valence-electron chi connectivity index (χ0n) is 22.7. The zero-order chi connectivity index (χ0) is 27.6. The van der Waals surface area contributed by atoms with Crippen molar-refractivity contribution < 1.29 is 18.8 Å². The third kappa shape index (κ3) is 7.31. The Morgan fingerprint density at radius 1 is 1.28 bits per heavy atom. The summed E-state index contributed by atoms with van der Waals surface area (Å²) >= 11 is 10.7. The molecule has 2 rings (SSSR count). The number of anilines is 1. The van der Waals surface area contributed by atoms with Gasteiger partial charge in [0.1, 0.15) is 11.7 Å². The van der Waals surface area contributed by atoms with Crippen molar-refractivity contribution in [2.24, 2.45) is 0 Å². The molecule has 36 heavy (non-hydrogen) atoms. The molecule has 1 N–H and O–H groups in total. The predicted molar refractivity (Wildman–Crippen MR) is 149 cm³/mol. The first-order valence-corrected chi connectivity index (χ1v) is 15.7. The number of nitrogens with zero attached hydrogens (tertiary/aromatic N) is 3. The Bertz CT molecular complexity index is 1030. The second-order valence-corrected chi connectivity index (χ2v) is 17.3. The largest absolute Gasteiger partial charge is 0.444 e. The summed E-state index contributed by atoms with van der Waals surface area (Å²) in [7, 11) is -2.15. The van der Waals surface area contributed by atoms with E-state index in [2.05, 4.69) is 52.0 Å². The molecule has 1 fully saturated rings. The maximum Gasteiger partial charge on any atom is 0.410 e. The van der Waals surface area contributed by atoms with Crippen molar-refractivity contribution in [2.45, 2.75) is 90.8 Å². The number of amides is 3. The van der Waals surface area contributed by atoms with E-state index in [1.54, 1.807) is 24.0 Å². The molecule has 200 valence electrons. The van der Waals surface area contributed by atoms with E-state index in [9.17, 15) is 9.59 Å². The molecule has 0 aliphatic carbocycles. The third-order valence-electron chi connectivity index (χ3n) is 6.71. The van der Waals surface area contributed by atoms with E-state index in [4.69, 9.17) is 26.0 Å². The van der Waals surface area contributed by atoms with Gasteiger partial charge in [-0.1, -0.05) is 45.2 Å². The summed E-state index contributed by atoms with van der Waals surface area (Å²) in [5.41, 5.74) is 0.748. The second kappa shape index (κ2) is 11.2. The van der Waals surface area contributed by atoms with Crippen LogP contribution in [-0.2, 0) is 9.16 Å². The Kier molecular flexibility index (Phi) is 9.44. The molecule has 0 radical (unpaired) electrons. The molecule has 3 amide bonds. The number of likely N-dealkylation sites (tertiary alicyclic amines) is 1. The quantitative estimate of drug-likeness (QED) is 0.316. The van der Waals surface area contributed by atoms with E-state index < -0.39 is 32.1 Å². The minimum atomic E-state index is -2.15. The highest BCUT2D eigenvalue weighted by Gasteiger charge is 2.46. The van der Waals surface area contributed by atoms with Crippen LogP contribution in [0.5, 0.6) is 0 Å². The Labute approximate surface area is 226 Å². The van der Waals surface area contributed by atoms with Crippen LogP contribution in [0.3, 0.4) is 0 Å². The van der Waals surface area contributed by atoms with E-state index in [-0.39, 0.29) is 22.7 Å². The predicted octanol–water partition coefficient (Wildman–Crippen LogP) is 6.60. The van der Waals surface area contributed by atoms with Crippen LogP contribution in [0.15, 0.2) is 12.1 Å². The van der Waals surface area contributed by atoms with Gasteiger partial charge >= 0.3 is 12.1 Å². The Morgan fingerprint density at radius 3 is 2.42 bits per heavy atom. The van der Waals surface area contributed by atoms with Crippen LogP contribution in [0.1, 0.15) is 59.1 Å². The van der Waals surface area contributed by atoms with Crippen molar-refractivity contribution in [3.05, 3.63) is 28.3 Å². The molecule has 0 aromatic heterocycles. The van der Waals surface area contributed by atoms with Gasteiger partial charge in [-0.25, -0.2) is 9.59 Å².